The molecule has 0 bridgehead atoms. The molecular formula is C14H16N6O3S. The van der Waals surface area contributed by atoms with Crippen molar-refractivity contribution in [2.24, 2.45) is 0 Å². The zero-order valence-corrected chi connectivity index (χ0v) is 13.9. The van der Waals surface area contributed by atoms with Gasteiger partial charge in [-0.05, 0) is 31.2 Å². The summed E-state index contributed by atoms with van der Waals surface area (Å²) in [6.07, 6.45) is 2.36. The predicted molar refractivity (Wildman–Crippen MR) is 90.2 cm³/mol. The summed E-state index contributed by atoms with van der Waals surface area (Å²) in [5, 5.41) is 11.1. The van der Waals surface area contributed by atoms with Crippen molar-refractivity contribution in [2.75, 3.05) is 16.3 Å². The third-order valence-electron chi connectivity index (χ3n) is 3.17. The first-order chi connectivity index (χ1) is 11.3. The van der Waals surface area contributed by atoms with E-state index in [9.17, 15) is 13.2 Å². The van der Waals surface area contributed by atoms with E-state index in [0.717, 1.165) is 22.9 Å². The van der Waals surface area contributed by atoms with Crippen molar-refractivity contribution in [1.82, 2.24) is 20.0 Å². The van der Waals surface area contributed by atoms with Crippen molar-refractivity contribution in [3.63, 3.8) is 0 Å². The molecule has 1 amide bonds. The Hall–Kier alpha value is -2.88. The number of carbonyl (C=O) groups excluding carboxylic acids is 1. The Morgan fingerprint density at radius 1 is 1.33 bits per heavy atom. The van der Waals surface area contributed by atoms with Crippen LogP contribution in [0.15, 0.2) is 30.5 Å². The number of hydrogen-bond donors (Lipinski definition) is 3. The molecule has 0 saturated heterocycles. The predicted octanol–water partition coefficient (Wildman–Crippen LogP) is 1.08. The average Bonchev–Trinajstić information content (AvgIpc) is 3.01. The first-order valence-electron chi connectivity index (χ1n) is 7.06. The third-order valence-corrected chi connectivity index (χ3v) is 3.75. The second-order valence-electron chi connectivity index (χ2n) is 5.48. The van der Waals surface area contributed by atoms with E-state index in [0.29, 0.717) is 5.69 Å². The number of H-pyrrole nitrogens is 1. The molecule has 0 unspecified atom stereocenters. The molecule has 1 aromatic carbocycles. The molecule has 2 heterocycles. The first kappa shape index (κ1) is 16.0. The molecule has 0 aliphatic rings. The van der Waals surface area contributed by atoms with Gasteiger partial charge in [0, 0.05) is 22.3 Å². The number of hydrogen-bond acceptors (Lipinski definition) is 5. The van der Waals surface area contributed by atoms with Gasteiger partial charge in [0.25, 0.3) is 0 Å². The lowest BCUT2D eigenvalue weighted by atomic mass is 10.2. The van der Waals surface area contributed by atoms with Crippen LogP contribution in [0.4, 0.5) is 11.5 Å². The van der Waals surface area contributed by atoms with Gasteiger partial charge in [0.1, 0.15) is 6.54 Å². The second kappa shape index (κ2) is 5.96. The van der Waals surface area contributed by atoms with Crippen LogP contribution in [-0.4, -0.2) is 40.6 Å². The molecule has 0 fully saturated rings. The normalized spacial score (nSPS) is 11.6. The zero-order chi connectivity index (χ0) is 17.3. The number of aromatic nitrogens is 4. The molecule has 0 radical (unpaired) electrons. The minimum Gasteiger partial charge on any atom is -0.359 e. The average molecular weight is 348 g/mol. The number of rotatable bonds is 5. The molecule has 2 aromatic heterocycles. The van der Waals surface area contributed by atoms with Crippen molar-refractivity contribution in [3.05, 3.63) is 36.2 Å². The largest absolute Gasteiger partial charge is 0.359 e. The van der Waals surface area contributed by atoms with Crippen molar-refractivity contribution >= 4 is 38.3 Å². The fourth-order valence-electron chi connectivity index (χ4n) is 2.32. The number of amides is 1. The Kier molecular flexibility index (Phi) is 3.97. The van der Waals surface area contributed by atoms with Gasteiger partial charge < -0.3 is 10.3 Å². The van der Waals surface area contributed by atoms with E-state index in [1.54, 1.807) is 6.07 Å². The number of aryl methyl sites for hydroxylation is 1. The van der Waals surface area contributed by atoms with Crippen LogP contribution in [-0.2, 0) is 21.4 Å². The molecule has 9 nitrogen and oxygen atoms in total. The van der Waals surface area contributed by atoms with Crippen LogP contribution in [0.3, 0.4) is 0 Å². The maximum atomic E-state index is 12.1. The molecule has 10 heteroatoms. The van der Waals surface area contributed by atoms with Crippen LogP contribution in [0.5, 0.6) is 0 Å². The fourth-order valence-corrected chi connectivity index (χ4v) is 2.79. The Morgan fingerprint density at radius 3 is 2.88 bits per heavy atom. The van der Waals surface area contributed by atoms with Gasteiger partial charge in [0.2, 0.25) is 15.9 Å². The Labute approximate surface area is 138 Å². The van der Waals surface area contributed by atoms with Gasteiger partial charge in [0.15, 0.2) is 5.82 Å². The van der Waals surface area contributed by atoms with E-state index >= 15 is 0 Å². The molecular weight excluding hydrogens is 332 g/mol. The Bertz CT molecular complexity index is 1000. The van der Waals surface area contributed by atoms with E-state index in [1.165, 1.54) is 10.9 Å². The van der Waals surface area contributed by atoms with Gasteiger partial charge in [-0.1, -0.05) is 5.21 Å². The van der Waals surface area contributed by atoms with Crippen molar-refractivity contribution < 1.29 is 13.2 Å². The summed E-state index contributed by atoms with van der Waals surface area (Å²) < 4.78 is 25.7. The fraction of sp³-hybridized carbons (Fsp3) is 0.214. The highest BCUT2D eigenvalue weighted by Gasteiger charge is 2.10. The van der Waals surface area contributed by atoms with Gasteiger partial charge in [0.05, 0.1) is 12.5 Å². The summed E-state index contributed by atoms with van der Waals surface area (Å²) in [6.45, 7) is 1.88. The summed E-state index contributed by atoms with van der Waals surface area (Å²) in [4.78, 5) is 15.3. The summed E-state index contributed by atoms with van der Waals surface area (Å²) in [5.41, 5.74) is 2.71. The van der Waals surface area contributed by atoms with E-state index in [2.05, 4.69) is 25.3 Å². The Balaban J connectivity index is 1.66. The van der Waals surface area contributed by atoms with Crippen LogP contribution >= 0.6 is 0 Å². The quantitative estimate of drug-likeness (QED) is 0.637. The number of sulfonamides is 1. The number of fused-ring (bicyclic) bond motifs is 1. The van der Waals surface area contributed by atoms with Gasteiger partial charge in [-0.15, -0.1) is 5.10 Å². The number of anilines is 2. The molecule has 126 valence electrons. The van der Waals surface area contributed by atoms with Crippen LogP contribution in [0.1, 0.15) is 5.69 Å². The van der Waals surface area contributed by atoms with Crippen molar-refractivity contribution in [2.45, 2.75) is 13.5 Å². The highest BCUT2D eigenvalue weighted by atomic mass is 32.2. The second-order valence-corrected chi connectivity index (χ2v) is 7.23. The lowest BCUT2D eigenvalue weighted by Gasteiger charge is -2.05. The smallest absolute Gasteiger partial charge is 0.246 e. The summed E-state index contributed by atoms with van der Waals surface area (Å²) in [6, 6.07) is 7.55. The van der Waals surface area contributed by atoms with Crippen LogP contribution in [0.25, 0.3) is 10.9 Å². The minimum absolute atomic E-state index is 0.0644. The lowest BCUT2D eigenvalue weighted by Crippen LogP contribution is -2.19. The maximum Gasteiger partial charge on any atom is 0.246 e. The first-order valence-corrected chi connectivity index (χ1v) is 8.95. The molecule has 3 aromatic rings. The molecule has 0 atom stereocenters. The molecule has 0 aliphatic heterocycles. The van der Waals surface area contributed by atoms with Gasteiger partial charge >= 0.3 is 0 Å². The molecule has 3 N–H and O–H groups in total. The van der Waals surface area contributed by atoms with Gasteiger partial charge in [-0.2, -0.15) is 0 Å². The highest BCUT2D eigenvalue weighted by Crippen LogP contribution is 2.19. The number of aromatic amines is 1. The van der Waals surface area contributed by atoms with E-state index in [1.807, 2.05) is 25.1 Å². The molecule has 0 saturated carbocycles. The summed E-state index contributed by atoms with van der Waals surface area (Å²) in [5.74, 6) is -0.230. The monoisotopic (exact) mass is 348 g/mol. The number of nitrogens with zero attached hydrogens (tertiary/aromatic N) is 3. The topological polar surface area (TPSA) is 122 Å². The van der Waals surface area contributed by atoms with Crippen molar-refractivity contribution in [3.8, 4) is 0 Å². The third kappa shape index (κ3) is 3.90. The molecule has 24 heavy (non-hydrogen) atoms. The standard InChI is InChI=1S/C14H16N6O3S/c1-9-5-10-6-11(3-4-12(10)15-9)16-14(21)8-20-7-13(17-19-20)18-24(2,22)23/h3-7,15,18H,8H2,1-2H3,(H,16,21). The van der Waals surface area contributed by atoms with Crippen LogP contribution < -0.4 is 10.0 Å². The zero-order valence-electron chi connectivity index (χ0n) is 13.1. The Morgan fingerprint density at radius 2 is 2.12 bits per heavy atom. The lowest BCUT2D eigenvalue weighted by molar-refractivity contribution is -0.116. The number of benzene rings is 1. The van der Waals surface area contributed by atoms with E-state index in [-0.39, 0.29) is 18.3 Å². The summed E-state index contributed by atoms with van der Waals surface area (Å²) >= 11 is 0. The maximum absolute atomic E-state index is 12.1. The molecule has 0 aliphatic carbocycles. The SMILES string of the molecule is Cc1cc2cc(NC(=O)Cn3cc(NS(C)(=O)=O)nn3)ccc2[nH]1. The van der Waals surface area contributed by atoms with Gasteiger partial charge in [-0.25, -0.2) is 13.1 Å². The van der Waals surface area contributed by atoms with Crippen LogP contribution in [0.2, 0.25) is 0 Å². The van der Waals surface area contributed by atoms with Crippen LogP contribution in [0, 0.1) is 6.92 Å². The minimum atomic E-state index is -3.43. The van der Waals surface area contributed by atoms with E-state index in [4.69, 9.17) is 0 Å². The van der Waals surface area contributed by atoms with Crippen molar-refractivity contribution in [1.29, 1.82) is 0 Å². The number of carbonyl (C=O) groups is 1. The van der Waals surface area contributed by atoms with Gasteiger partial charge in [-0.3, -0.25) is 9.52 Å². The molecule has 0 spiro atoms. The summed E-state index contributed by atoms with van der Waals surface area (Å²) in [7, 11) is -3.43. The highest BCUT2D eigenvalue weighted by molar-refractivity contribution is 7.92. The van der Waals surface area contributed by atoms with E-state index < -0.39 is 10.0 Å². The number of nitrogens with one attached hydrogen (secondary N) is 3. The molecule has 3 rings (SSSR count).